The maximum Gasteiger partial charge on any atom is 0.261 e. The predicted molar refractivity (Wildman–Crippen MR) is 129 cm³/mol. The minimum absolute atomic E-state index is 0.0325. The summed E-state index contributed by atoms with van der Waals surface area (Å²) in [6.45, 7) is 2.72. The summed E-state index contributed by atoms with van der Waals surface area (Å²) in [6.07, 6.45) is 1.77. The molecule has 3 aromatic rings. The van der Waals surface area contributed by atoms with Crippen LogP contribution in [0.5, 0.6) is 0 Å². The van der Waals surface area contributed by atoms with Crippen molar-refractivity contribution < 1.29 is 13.2 Å². The molecular formula is C26H25N3O3S. The number of carbonyl (C=O) groups excluding carboxylic acids is 1. The molecule has 6 nitrogen and oxygen atoms in total. The van der Waals surface area contributed by atoms with Gasteiger partial charge in [0.1, 0.15) is 0 Å². The van der Waals surface area contributed by atoms with E-state index in [4.69, 9.17) is 5.26 Å². The number of sulfonamides is 1. The Bertz CT molecular complexity index is 1300. The number of nitrogens with zero attached hydrogens (tertiary/aromatic N) is 2. The van der Waals surface area contributed by atoms with Crippen LogP contribution < -0.4 is 9.62 Å². The van der Waals surface area contributed by atoms with Gasteiger partial charge in [0.05, 0.1) is 16.5 Å². The number of hydrogen-bond donors (Lipinski definition) is 1. The summed E-state index contributed by atoms with van der Waals surface area (Å²) >= 11 is 0. The maximum absolute atomic E-state index is 13.0. The maximum atomic E-state index is 13.0. The van der Waals surface area contributed by atoms with Crippen molar-refractivity contribution in [1.29, 1.82) is 5.26 Å². The predicted octanol–water partition coefficient (Wildman–Crippen LogP) is 4.83. The third kappa shape index (κ3) is 5.07. The summed E-state index contributed by atoms with van der Waals surface area (Å²) in [7, 11) is -3.68. The first-order chi connectivity index (χ1) is 15.9. The first-order valence-corrected chi connectivity index (χ1v) is 12.4. The zero-order valence-electron chi connectivity index (χ0n) is 18.4. The smallest absolute Gasteiger partial charge is 0.261 e. The van der Waals surface area contributed by atoms with Crippen LogP contribution in [0.25, 0.3) is 0 Å². The van der Waals surface area contributed by atoms with Crippen LogP contribution >= 0.6 is 0 Å². The molecule has 1 heterocycles. The molecule has 7 heteroatoms. The second-order valence-electron chi connectivity index (χ2n) is 8.24. The third-order valence-electron chi connectivity index (χ3n) is 5.95. The van der Waals surface area contributed by atoms with Gasteiger partial charge in [0.25, 0.3) is 10.0 Å². The number of amides is 1. The Hall–Kier alpha value is -3.63. The van der Waals surface area contributed by atoms with Crippen LogP contribution in [0.1, 0.15) is 42.4 Å². The fourth-order valence-corrected chi connectivity index (χ4v) is 5.13. The number of benzene rings is 3. The molecule has 33 heavy (non-hydrogen) atoms. The number of rotatable bonds is 6. The van der Waals surface area contributed by atoms with E-state index < -0.39 is 10.0 Å². The molecule has 1 amide bonds. The standard InChI is InChI=1S/C26H25N3O3S/c1-19-15-16-29(26(30)14-11-20-7-9-21(18-27)10-8-20)25-13-12-22(17-24(19)25)28-33(31,32)23-5-3-2-4-6-23/h2-10,12-13,17,19,28H,11,14-16H2,1H3. The lowest BCUT2D eigenvalue weighted by Crippen LogP contribution is -2.36. The second kappa shape index (κ2) is 9.47. The molecule has 0 aromatic heterocycles. The molecule has 4 rings (SSSR count). The minimum atomic E-state index is -3.68. The Labute approximate surface area is 194 Å². The van der Waals surface area contributed by atoms with Gasteiger partial charge in [-0.1, -0.05) is 37.3 Å². The highest BCUT2D eigenvalue weighted by atomic mass is 32.2. The highest BCUT2D eigenvalue weighted by Crippen LogP contribution is 2.37. The molecule has 0 saturated carbocycles. The van der Waals surface area contributed by atoms with E-state index in [1.54, 1.807) is 53.4 Å². The van der Waals surface area contributed by atoms with Gasteiger partial charge < -0.3 is 4.90 Å². The molecule has 1 unspecified atom stereocenters. The lowest BCUT2D eigenvalue weighted by molar-refractivity contribution is -0.118. The van der Waals surface area contributed by atoms with Gasteiger partial charge in [0.2, 0.25) is 5.91 Å². The van der Waals surface area contributed by atoms with Crippen LogP contribution in [0, 0.1) is 11.3 Å². The van der Waals surface area contributed by atoms with Gasteiger partial charge in [-0.25, -0.2) is 8.42 Å². The largest absolute Gasteiger partial charge is 0.312 e. The summed E-state index contributed by atoms with van der Waals surface area (Å²) in [6, 6.07) is 23.0. The molecule has 0 aliphatic carbocycles. The molecule has 1 atom stereocenters. The molecule has 0 saturated heterocycles. The van der Waals surface area contributed by atoms with Crippen molar-refractivity contribution in [2.45, 2.75) is 37.0 Å². The first-order valence-electron chi connectivity index (χ1n) is 10.9. The molecule has 3 aromatic carbocycles. The first kappa shape index (κ1) is 22.6. The van der Waals surface area contributed by atoms with Crippen LogP contribution in [-0.2, 0) is 21.2 Å². The summed E-state index contributed by atoms with van der Waals surface area (Å²) < 4.78 is 28.0. The third-order valence-corrected chi connectivity index (χ3v) is 7.35. The SMILES string of the molecule is CC1CCN(C(=O)CCc2ccc(C#N)cc2)c2ccc(NS(=O)(=O)c3ccccc3)cc21. The van der Waals surface area contributed by atoms with Gasteiger partial charge in [0.15, 0.2) is 0 Å². The number of carbonyl (C=O) groups is 1. The van der Waals surface area contributed by atoms with Gasteiger partial charge in [-0.2, -0.15) is 5.26 Å². The average Bonchev–Trinajstić information content (AvgIpc) is 2.84. The minimum Gasteiger partial charge on any atom is -0.312 e. The Morgan fingerprint density at radius 3 is 2.52 bits per heavy atom. The zero-order valence-corrected chi connectivity index (χ0v) is 19.2. The molecule has 168 valence electrons. The van der Waals surface area contributed by atoms with Crippen LogP contribution in [0.2, 0.25) is 0 Å². The van der Waals surface area contributed by atoms with Gasteiger partial charge >= 0.3 is 0 Å². The number of aryl methyl sites for hydroxylation is 1. The number of nitrogens with one attached hydrogen (secondary N) is 1. The number of hydrogen-bond acceptors (Lipinski definition) is 4. The zero-order chi connectivity index (χ0) is 23.4. The van der Waals surface area contributed by atoms with Crippen molar-refractivity contribution >= 4 is 27.3 Å². The van der Waals surface area contributed by atoms with E-state index in [-0.39, 0.29) is 16.7 Å². The van der Waals surface area contributed by atoms with E-state index in [9.17, 15) is 13.2 Å². The molecule has 0 radical (unpaired) electrons. The Balaban J connectivity index is 1.50. The Morgan fingerprint density at radius 1 is 1.09 bits per heavy atom. The van der Waals surface area contributed by atoms with Crippen molar-refractivity contribution in [3.05, 3.63) is 89.5 Å². The number of nitriles is 1. The van der Waals surface area contributed by atoms with E-state index in [1.807, 2.05) is 24.3 Å². The van der Waals surface area contributed by atoms with Crippen molar-refractivity contribution in [3.63, 3.8) is 0 Å². The Kier molecular flexibility index (Phi) is 6.47. The molecule has 0 fully saturated rings. The highest BCUT2D eigenvalue weighted by Gasteiger charge is 2.27. The van der Waals surface area contributed by atoms with E-state index in [2.05, 4.69) is 17.7 Å². The van der Waals surface area contributed by atoms with E-state index in [0.29, 0.717) is 30.6 Å². The topological polar surface area (TPSA) is 90.3 Å². The number of fused-ring (bicyclic) bond motifs is 1. The fourth-order valence-electron chi connectivity index (χ4n) is 4.06. The van der Waals surface area contributed by atoms with E-state index in [1.165, 1.54) is 0 Å². The summed E-state index contributed by atoms with van der Waals surface area (Å²) in [5.74, 6) is 0.244. The van der Waals surface area contributed by atoms with Gasteiger partial charge in [-0.05, 0) is 72.4 Å². The normalized spacial score (nSPS) is 15.4. The summed E-state index contributed by atoms with van der Waals surface area (Å²) in [5, 5.41) is 8.92. The molecule has 0 spiro atoms. The van der Waals surface area contributed by atoms with E-state index >= 15 is 0 Å². The molecular weight excluding hydrogens is 434 g/mol. The summed E-state index contributed by atoms with van der Waals surface area (Å²) in [4.78, 5) is 15.0. The fraction of sp³-hybridized carbons (Fsp3) is 0.231. The molecule has 1 N–H and O–H groups in total. The lowest BCUT2D eigenvalue weighted by atomic mass is 9.90. The van der Waals surface area contributed by atoms with Gasteiger partial charge in [-0.15, -0.1) is 0 Å². The summed E-state index contributed by atoms with van der Waals surface area (Å²) in [5.41, 5.74) is 3.89. The quantitative estimate of drug-likeness (QED) is 0.572. The van der Waals surface area contributed by atoms with Gasteiger partial charge in [0, 0.05) is 24.3 Å². The number of anilines is 2. The van der Waals surface area contributed by atoms with Crippen molar-refractivity contribution in [2.75, 3.05) is 16.2 Å². The molecule has 0 bridgehead atoms. The monoisotopic (exact) mass is 459 g/mol. The van der Waals surface area contributed by atoms with Crippen molar-refractivity contribution in [1.82, 2.24) is 0 Å². The van der Waals surface area contributed by atoms with Crippen LogP contribution in [0.4, 0.5) is 11.4 Å². The molecule has 1 aliphatic rings. The highest BCUT2D eigenvalue weighted by molar-refractivity contribution is 7.92. The Morgan fingerprint density at radius 2 is 1.82 bits per heavy atom. The lowest BCUT2D eigenvalue weighted by Gasteiger charge is -2.33. The van der Waals surface area contributed by atoms with Gasteiger partial charge in [-0.3, -0.25) is 9.52 Å². The van der Waals surface area contributed by atoms with Crippen LogP contribution in [-0.4, -0.2) is 20.9 Å². The molecule has 1 aliphatic heterocycles. The van der Waals surface area contributed by atoms with Crippen molar-refractivity contribution in [3.8, 4) is 6.07 Å². The average molecular weight is 460 g/mol. The van der Waals surface area contributed by atoms with E-state index in [0.717, 1.165) is 23.2 Å². The van der Waals surface area contributed by atoms with Crippen molar-refractivity contribution in [2.24, 2.45) is 0 Å². The second-order valence-corrected chi connectivity index (χ2v) is 9.92. The van der Waals surface area contributed by atoms with Crippen LogP contribution in [0.15, 0.2) is 77.7 Å². The van der Waals surface area contributed by atoms with Crippen LogP contribution in [0.3, 0.4) is 0 Å².